The van der Waals surface area contributed by atoms with Gasteiger partial charge < -0.3 is 86.7 Å². The Balaban J connectivity index is 0.000000149. The van der Waals surface area contributed by atoms with Crippen molar-refractivity contribution >= 4 is 135 Å². The third-order valence-corrected chi connectivity index (χ3v) is 19.9. The maximum atomic E-state index is 14.3. The Morgan fingerprint density at radius 2 is 0.557 bits per heavy atom. The number of para-hydroxylation sites is 1. The molecule has 0 fully saturated rings. The first-order valence-corrected chi connectivity index (χ1v) is 37.6. The second-order valence-electron chi connectivity index (χ2n) is 27.7. The van der Waals surface area contributed by atoms with Crippen LogP contribution in [0.4, 0.5) is 8.78 Å². The van der Waals surface area contributed by atoms with Crippen LogP contribution in [0.3, 0.4) is 0 Å². The number of rotatable bonds is 26. The molecule has 0 radical (unpaired) electrons. The maximum absolute atomic E-state index is 14.3. The number of hydrogen-bond acceptors (Lipinski definition) is 13. The minimum atomic E-state index is -1.12. The van der Waals surface area contributed by atoms with Gasteiger partial charge in [0.2, 0.25) is 23.6 Å². The number of hydrogen-bond donors (Lipinski definition) is 8. The van der Waals surface area contributed by atoms with Crippen molar-refractivity contribution in [3.05, 3.63) is 335 Å². The van der Waals surface area contributed by atoms with Crippen LogP contribution in [-0.2, 0) is 45.4 Å². The summed E-state index contributed by atoms with van der Waals surface area (Å²) in [6.45, 7) is -0.374. The molecule has 28 heteroatoms. The molecule has 4 heterocycles. The summed E-state index contributed by atoms with van der Waals surface area (Å²) < 4.78 is 64.0. The molecule has 0 aliphatic carbocycles. The van der Waals surface area contributed by atoms with Crippen molar-refractivity contribution in [3.8, 4) is 34.5 Å². The number of carboxylic acid groups (broad SMARTS) is 4. The van der Waals surface area contributed by atoms with Gasteiger partial charge in [0.15, 0.2) is 26.4 Å². The number of carboxylic acids is 4. The summed E-state index contributed by atoms with van der Waals surface area (Å²) in [5.74, 6) is -4.51. The molecule has 0 aliphatic heterocycles. The summed E-state index contributed by atoms with van der Waals surface area (Å²) in [6, 6.07) is 82.3. The number of aromatic nitrogens is 4. The Morgan fingerprint density at radius 1 is 0.287 bits per heavy atom. The summed E-state index contributed by atoms with van der Waals surface area (Å²) in [7, 11) is 0. The van der Waals surface area contributed by atoms with Gasteiger partial charge in [0.05, 0.1) is 72.2 Å². The zero-order valence-electron chi connectivity index (χ0n) is 66.2. The fourth-order valence-electron chi connectivity index (χ4n) is 15.1. The van der Waals surface area contributed by atoms with Crippen LogP contribution in [0.15, 0.2) is 279 Å². The van der Waals surface area contributed by atoms with Crippen LogP contribution in [-0.4, -0.2) is 113 Å². The molecule has 4 aromatic heterocycles. The second kappa shape index (κ2) is 37.3. The first-order chi connectivity index (χ1) is 58.5. The number of amides is 4. The summed E-state index contributed by atoms with van der Waals surface area (Å²) in [5.41, 5.74) is 33.2. The van der Waals surface area contributed by atoms with Gasteiger partial charge in [-0.1, -0.05) is 140 Å². The molecule has 0 aliphatic rings. The van der Waals surface area contributed by atoms with E-state index in [1.165, 1.54) is 18.2 Å². The van der Waals surface area contributed by atoms with E-state index in [0.29, 0.717) is 130 Å². The number of carbonyl (C=O) groups excluding carboxylic acids is 4. The van der Waals surface area contributed by atoms with Crippen LogP contribution in [0, 0.1) is 11.6 Å². The molecule has 17 aromatic rings. The Morgan fingerprint density at radius 3 is 0.893 bits per heavy atom. The minimum absolute atomic E-state index is 0. The molecule has 13 aromatic carbocycles. The van der Waals surface area contributed by atoms with E-state index in [9.17, 15) is 47.1 Å². The van der Waals surface area contributed by atoms with E-state index in [1.807, 2.05) is 155 Å². The average Bonchev–Trinajstić information content (AvgIpc) is 1.60. The van der Waals surface area contributed by atoms with E-state index >= 15 is 0 Å². The van der Waals surface area contributed by atoms with Crippen molar-refractivity contribution in [3.63, 3.8) is 0 Å². The van der Waals surface area contributed by atoms with Crippen molar-refractivity contribution in [2.75, 3.05) is 26.4 Å². The van der Waals surface area contributed by atoms with Crippen LogP contribution in [0.2, 0.25) is 0 Å². The zero-order valence-corrected chi connectivity index (χ0v) is 65.2. The van der Waals surface area contributed by atoms with Gasteiger partial charge in [-0.25, -0.2) is 28.0 Å². The molecule has 122 heavy (non-hydrogen) atoms. The van der Waals surface area contributed by atoms with Gasteiger partial charge >= 0.3 is 42.7 Å². The van der Waals surface area contributed by atoms with Crippen molar-refractivity contribution in [1.82, 2.24) is 18.3 Å². The number of carbonyl (C=O) groups is 8. The van der Waals surface area contributed by atoms with Crippen molar-refractivity contribution in [2.24, 2.45) is 22.9 Å². The molecule has 0 unspecified atom stereocenters. The van der Waals surface area contributed by atoms with Crippen LogP contribution in [0.5, 0.6) is 34.5 Å². The third-order valence-electron chi connectivity index (χ3n) is 19.9. The molecule has 12 N–H and O–H groups in total. The van der Waals surface area contributed by atoms with Crippen molar-refractivity contribution in [1.29, 1.82) is 0 Å². The molecule has 25 nitrogen and oxygen atoms in total. The summed E-state index contributed by atoms with van der Waals surface area (Å²) >= 11 is 0. The topological polar surface area (TPSA) is 387 Å². The molecule has 0 atom stereocenters. The molecule has 0 saturated heterocycles. The van der Waals surface area contributed by atoms with Gasteiger partial charge in [-0.3, -0.25) is 19.2 Å². The smallest absolute Gasteiger partial charge is 1.00 e. The van der Waals surface area contributed by atoms with Gasteiger partial charge in [-0.05, 0) is 156 Å². The summed E-state index contributed by atoms with van der Waals surface area (Å²) in [6.07, 6.45) is 0. The van der Waals surface area contributed by atoms with E-state index in [4.69, 9.17) is 67.0 Å². The standard InChI is InChI=1S/C28H22N2O5.2C22H17FN2O4.C22H18N2O4.Li.H/c29-28(33)21-11-5-12-22-26(21)27-23(13-6-14-24(27)34-17-25(31)32)30(22)16-18-7-4-10-20(15-18)35-19-8-2-1-3-9-19;23-14-5-1-4-13(10-14)11-25-16-7-2-6-15(22(24)28)20(16)21-17(25)8-3-9-18(21)29-12-19(26)27;23-15-7-2-1-5-13(15)11-25-16-8-3-6-14(22(24)28)20(16)21-17(25)9-4-10-18(21)29-12-19(26)27;23-22(27)15-8-4-9-16-20(15)21-17(10-5-11-18(21)28-13-19(25)26)24(16)12-14-6-2-1-3-7-14;;/h1-15H,16-17H2,(H2,29,33)(H,31,32);2*1-10H,11-12H2,(H2,24,28)(H,26,27);1-11H,12-13H2,(H2,23,27)(H,25,26);;/q;;;;+1;-1. The molecule has 0 spiro atoms. The number of benzene rings is 13. The number of aliphatic carboxylic acids is 4. The van der Waals surface area contributed by atoms with Gasteiger partial charge in [0, 0.05) is 69.0 Å². The molecular weight excluding hydrogens is 1560 g/mol. The van der Waals surface area contributed by atoms with Gasteiger partial charge in [-0.15, -0.1) is 0 Å². The van der Waals surface area contributed by atoms with Crippen LogP contribution >= 0.6 is 0 Å². The second-order valence-corrected chi connectivity index (χ2v) is 27.7. The normalized spacial score (nSPS) is 10.9. The number of nitrogens with two attached hydrogens (primary N) is 4. The zero-order chi connectivity index (χ0) is 85.1. The molecule has 0 saturated carbocycles. The SMILES string of the molecule is NC(=O)c1cccc2c1c1c(OCC(=O)O)cccc1n2Cc1cccc(F)c1.NC(=O)c1cccc2c1c1c(OCC(=O)O)cccc1n2Cc1cccc(Oc2ccccc2)c1.NC(=O)c1cccc2c1c1c(OCC(=O)O)cccc1n2Cc1ccccc1.NC(=O)c1cccc2c1c1c(OCC(=O)O)cccc1n2Cc1ccccc1F.[H-].[Li+]. The van der Waals surface area contributed by atoms with Crippen LogP contribution < -0.4 is 65.5 Å². The number of primary amides is 4. The van der Waals surface area contributed by atoms with Crippen LogP contribution in [0.25, 0.3) is 87.2 Å². The predicted octanol–water partition coefficient (Wildman–Crippen LogP) is 12.8. The van der Waals surface area contributed by atoms with E-state index in [-0.39, 0.29) is 44.0 Å². The van der Waals surface area contributed by atoms with Crippen LogP contribution in [0.1, 0.15) is 65.1 Å². The third kappa shape index (κ3) is 18.2. The monoisotopic (exact) mass is 1630 g/mol. The van der Waals surface area contributed by atoms with E-state index in [2.05, 4.69) is 9.13 Å². The first-order valence-electron chi connectivity index (χ1n) is 37.6. The number of halogens is 2. The van der Waals surface area contributed by atoms with Gasteiger partial charge in [-0.2, -0.15) is 0 Å². The fraction of sp³-hybridized carbons (Fsp3) is 0.0851. The average molecular weight is 1630 g/mol. The minimum Gasteiger partial charge on any atom is -1.00 e. The van der Waals surface area contributed by atoms with E-state index in [0.717, 1.165) is 50.0 Å². The Labute approximate surface area is 705 Å². The largest absolute Gasteiger partial charge is 1.00 e. The number of ether oxygens (including phenoxy) is 5. The molecular formula is C94H75F2LiN8O17. The molecule has 17 rings (SSSR count). The number of nitrogens with zero attached hydrogens (tertiary/aromatic N) is 4. The van der Waals surface area contributed by atoms with Crippen molar-refractivity contribution in [2.45, 2.75) is 26.2 Å². The van der Waals surface area contributed by atoms with Crippen molar-refractivity contribution < 1.29 is 112 Å². The molecule has 0 bridgehead atoms. The first kappa shape index (κ1) is 84.2. The molecule has 608 valence electrons. The molecule has 4 amide bonds. The predicted molar refractivity (Wildman–Crippen MR) is 454 cm³/mol. The quantitative estimate of drug-likeness (QED) is 0.0233. The van der Waals surface area contributed by atoms with E-state index in [1.54, 1.807) is 115 Å². The maximum Gasteiger partial charge on any atom is 1.00 e. The Hall–Kier alpha value is -15.7. The van der Waals surface area contributed by atoms with E-state index < -0.39 is 73.9 Å². The number of fused-ring (bicyclic) bond motifs is 12. The van der Waals surface area contributed by atoms with Gasteiger partial charge in [0.1, 0.15) is 46.1 Å². The fourth-order valence-corrected chi connectivity index (χ4v) is 15.1. The Kier molecular flexibility index (Phi) is 25.7. The van der Waals surface area contributed by atoms with Gasteiger partial charge in [0.25, 0.3) is 0 Å². The Bertz CT molecular complexity index is 6940. The summed E-state index contributed by atoms with van der Waals surface area (Å²) in [5, 5.41) is 41.0. The summed E-state index contributed by atoms with van der Waals surface area (Å²) in [4.78, 5) is 92.6.